The van der Waals surface area contributed by atoms with Crippen LogP contribution in [0.5, 0.6) is 0 Å². The molecule has 104 valence electrons. The minimum Gasteiger partial charge on any atom is -0.317 e. The summed E-state index contributed by atoms with van der Waals surface area (Å²) < 4.78 is 0. The molecule has 18 heavy (non-hydrogen) atoms. The van der Waals surface area contributed by atoms with Gasteiger partial charge in [0, 0.05) is 17.8 Å². The van der Waals surface area contributed by atoms with Gasteiger partial charge in [0.15, 0.2) is 0 Å². The monoisotopic (exact) mass is 268 g/mol. The Hall–Kier alpha value is -0.410. The second kappa shape index (κ2) is 9.51. The Bertz CT molecular complexity index is 309. The average molecular weight is 268 g/mol. The second-order valence-electron chi connectivity index (χ2n) is 5.10. The molecule has 0 aromatic carbocycles. The summed E-state index contributed by atoms with van der Waals surface area (Å²) in [5.41, 5.74) is 1.25. The molecule has 1 heterocycles. The molecule has 0 aliphatic rings. The van der Waals surface area contributed by atoms with Crippen molar-refractivity contribution in [3.8, 4) is 0 Å². The van der Waals surface area contributed by atoms with Gasteiger partial charge < -0.3 is 5.32 Å². The second-order valence-corrected chi connectivity index (χ2v) is 6.17. The van der Waals surface area contributed by atoms with Crippen molar-refractivity contribution < 1.29 is 0 Å². The Morgan fingerprint density at radius 3 is 2.56 bits per heavy atom. The number of nitrogens with zero attached hydrogens (tertiary/aromatic N) is 1. The van der Waals surface area contributed by atoms with Crippen molar-refractivity contribution in [2.45, 2.75) is 71.3 Å². The summed E-state index contributed by atoms with van der Waals surface area (Å²) >= 11 is 1.76. The van der Waals surface area contributed by atoms with Crippen LogP contribution in [0.2, 0.25) is 0 Å². The van der Waals surface area contributed by atoms with E-state index in [1.807, 2.05) is 0 Å². The molecule has 0 amide bonds. The number of hydrogen-bond acceptors (Lipinski definition) is 3. The van der Waals surface area contributed by atoms with Gasteiger partial charge in [-0.3, -0.25) is 0 Å². The summed E-state index contributed by atoms with van der Waals surface area (Å²) in [7, 11) is 2.07. The van der Waals surface area contributed by atoms with Crippen molar-refractivity contribution in [1.29, 1.82) is 0 Å². The lowest BCUT2D eigenvalue weighted by Gasteiger charge is -2.14. The van der Waals surface area contributed by atoms with E-state index in [4.69, 9.17) is 0 Å². The van der Waals surface area contributed by atoms with Gasteiger partial charge in [0.2, 0.25) is 0 Å². The molecule has 1 rings (SSSR count). The van der Waals surface area contributed by atoms with Gasteiger partial charge in [-0.25, -0.2) is 4.98 Å². The molecule has 1 aromatic rings. The minimum atomic E-state index is 0.595. The summed E-state index contributed by atoms with van der Waals surface area (Å²) in [5.74, 6) is 0. The molecule has 1 unspecified atom stereocenters. The molecule has 0 aliphatic heterocycles. The summed E-state index contributed by atoms with van der Waals surface area (Å²) in [6.45, 7) is 4.35. The van der Waals surface area contributed by atoms with E-state index >= 15 is 0 Å². The maximum Gasteiger partial charge on any atom is 0.0897 e. The van der Waals surface area contributed by atoms with E-state index in [2.05, 4.69) is 36.6 Å². The molecular formula is C15H28N2S. The molecule has 0 bridgehead atoms. The predicted octanol–water partition coefficient (Wildman–Crippen LogP) is 4.33. The lowest BCUT2D eigenvalue weighted by atomic mass is 10.0. The standard InChI is InChI=1S/C15H28N2S/c1-4-5-6-7-8-9-10-14(16-3)11-15-12-18-13(2)17-15/h12,14,16H,4-11H2,1-3H3. The topological polar surface area (TPSA) is 24.9 Å². The van der Waals surface area contributed by atoms with E-state index in [1.165, 1.54) is 55.6 Å². The van der Waals surface area contributed by atoms with Gasteiger partial charge in [0.25, 0.3) is 0 Å². The van der Waals surface area contributed by atoms with Crippen LogP contribution in [0.15, 0.2) is 5.38 Å². The lowest BCUT2D eigenvalue weighted by molar-refractivity contribution is 0.477. The van der Waals surface area contributed by atoms with Crippen molar-refractivity contribution in [3.05, 3.63) is 16.1 Å². The Kier molecular flexibility index (Phi) is 8.27. The van der Waals surface area contributed by atoms with Crippen LogP contribution in [0.4, 0.5) is 0 Å². The number of likely N-dealkylation sites (N-methyl/N-ethyl adjacent to an activating group) is 1. The van der Waals surface area contributed by atoms with Crippen molar-refractivity contribution in [1.82, 2.24) is 10.3 Å². The van der Waals surface area contributed by atoms with Crippen LogP contribution in [0.25, 0.3) is 0 Å². The van der Waals surface area contributed by atoms with Crippen molar-refractivity contribution >= 4 is 11.3 Å². The van der Waals surface area contributed by atoms with E-state index in [-0.39, 0.29) is 0 Å². The van der Waals surface area contributed by atoms with Gasteiger partial charge in [0.05, 0.1) is 10.7 Å². The molecule has 0 saturated carbocycles. The SMILES string of the molecule is CCCCCCCCC(Cc1csc(C)n1)NC. The van der Waals surface area contributed by atoms with Crippen LogP contribution in [0.1, 0.15) is 62.6 Å². The zero-order chi connectivity index (χ0) is 13.2. The fraction of sp³-hybridized carbons (Fsp3) is 0.800. The Morgan fingerprint density at radius 2 is 1.94 bits per heavy atom. The van der Waals surface area contributed by atoms with Crippen LogP contribution < -0.4 is 5.32 Å². The van der Waals surface area contributed by atoms with E-state index in [9.17, 15) is 0 Å². The van der Waals surface area contributed by atoms with E-state index < -0.39 is 0 Å². The van der Waals surface area contributed by atoms with E-state index in [0.717, 1.165) is 6.42 Å². The molecule has 1 aromatic heterocycles. The number of aromatic nitrogens is 1. The largest absolute Gasteiger partial charge is 0.317 e. The van der Waals surface area contributed by atoms with Crippen LogP contribution in [0.3, 0.4) is 0 Å². The lowest BCUT2D eigenvalue weighted by Crippen LogP contribution is -2.27. The van der Waals surface area contributed by atoms with Crippen LogP contribution in [-0.4, -0.2) is 18.1 Å². The van der Waals surface area contributed by atoms with Crippen molar-refractivity contribution in [2.75, 3.05) is 7.05 Å². The smallest absolute Gasteiger partial charge is 0.0897 e. The minimum absolute atomic E-state index is 0.595. The van der Waals surface area contributed by atoms with Gasteiger partial charge in [-0.2, -0.15) is 0 Å². The highest BCUT2D eigenvalue weighted by atomic mass is 32.1. The Labute approximate surface area is 116 Å². The van der Waals surface area contributed by atoms with Gasteiger partial charge >= 0.3 is 0 Å². The highest BCUT2D eigenvalue weighted by Crippen LogP contribution is 2.14. The van der Waals surface area contributed by atoms with Crippen molar-refractivity contribution in [3.63, 3.8) is 0 Å². The zero-order valence-corrected chi connectivity index (χ0v) is 13.0. The van der Waals surface area contributed by atoms with Gasteiger partial charge in [-0.15, -0.1) is 11.3 Å². The molecule has 2 nitrogen and oxygen atoms in total. The number of unbranched alkanes of at least 4 members (excludes halogenated alkanes) is 5. The number of thiazole rings is 1. The van der Waals surface area contributed by atoms with Crippen LogP contribution in [-0.2, 0) is 6.42 Å². The summed E-state index contributed by atoms with van der Waals surface area (Å²) in [5, 5.41) is 6.80. The quantitative estimate of drug-likeness (QED) is 0.639. The molecule has 0 fully saturated rings. The molecule has 0 radical (unpaired) electrons. The molecule has 0 spiro atoms. The third-order valence-electron chi connectivity index (χ3n) is 3.44. The molecule has 3 heteroatoms. The summed E-state index contributed by atoms with van der Waals surface area (Å²) in [6, 6.07) is 0.595. The third-order valence-corrected chi connectivity index (χ3v) is 4.26. The van der Waals surface area contributed by atoms with Gasteiger partial charge in [-0.05, 0) is 20.4 Å². The van der Waals surface area contributed by atoms with Crippen molar-refractivity contribution in [2.24, 2.45) is 0 Å². The third kappa shape index (κ3) is 6.50. The Morgan fingerprint density at radius 1 is 1.22 bits per heavy atom. The van der Waals surface area contributed by atoms with Crippen LogP contribution in [0, 0.1) is 6.92 Å². The fourth-order valence-electron chi connectivity index (χ4n) is 2.27. The molecule has 0 saturated heterocycles. The van der Waals surface area contributed by atoms with E-state index in [1.54, 1.807) is 11.3 Å². The first kappa shape index (κ1) is 15.6. The maximum atomic E-state index is 4.55. The first-order valence-corrected chi connectivity index (χ1v) is 8.22. The number of aryl methyl sites for hydroxylation is 1. The maximum absolute atomic E-state index is 4.55. The normalized spacial score (nSPS) is 12.8. The number of rotatable bonds is 10. The molecule has 1 atom stereocenters. The highest BCUT2D eigenvalue weighted by Gasteiger charge is 2.09. The zero-order valence-electron chi connectivity index (χ0n) is 12.2. The number of nitrogens with one attached hydrogen (secondary N) is 1. The Balaban J connectivity index is 2.13. The first-order valence-electron chi connectivity index (χ1n) is 7.34. The average Bonchev–Trinajstić information content (AvgIpc) is 2.77. The first-order chi connectivity index (χ1) is 8.76. The molecule has 1 N–H and O–H groups in total. The van der Waals surface area contributed by atoms with Gasteiger partial charge in [-0.1, -0.05) is 45.4 Å². The summed E-state index contributed by atoms with van der Waals surface area (Å²) in [4.78, 5) is 4.55. The molecular weight excluding hydrogens is 240 g/mol. The predicted molar refractivity (Wildman–Crippen MR) is 81.4 cm³/mol. The summed E-state index contributed by atoms with van der Waals surface area (Å²) in [6.07, 6.45) is 10.6. The van der Waals surface area contributed by atoms with E-state index in [0.29, 0.717) is 6.04 Å². The fourth-order valence-corrected chi connectivity index (χ4v) is 2.90. The molecule has 0 aliphatic carbocycles. The van der Waals surface area contributed by atoms with Gasteiger partial charge in [0.1, 0.15) is 0 Å². The highest BCUT2D eigenvalue weighted by molar-refractivity contribution is 7.09. The van der Waals surface area contributed by atoms with Crippen LogP contribution >= 0.6 is 11.3 Å². The number of hydrogen-bond donors (Lipinski definition) is 1.